The molecule has 0 aromatic heterocycles. The van der Waals surface area contributed by atoms with Gasteiger partial charge < -0.3 is 0 Å². The van der Waals surface area contributed by atoms with E-state index in [1.54, 1.807) is 6.92 Å². The van der Waals surface area contributed by atoms with Gasteiger partial charge in [0.2, 0.25) is 0 Å². The molecule has 0 atom stereocenters. The minimum atomic E-state index is -0.495. The second-order valence-corrected chi connectivity index (χ2v) is 3.22. The van der Waals surface area contributed by atoms with Crippen molar-refractivity contribution >= 4 is 29.9 Å². The van der Waals surface area contributed by atoms with Crippen molar-refractivity contribution in [1.29, 1.82) is 0 Å². The first-order valence-electron chi connectivity index (χ1n) is 3.16. The molecule has 0 radical (unpaired) electrons. The zero-order chi connectivity index (χ0) is 9.30. The van der Waals surface area contributed by atoms with Crippen LogP contribution in [0.5, 0.6) is 0 Å². The third-order valence-electron chi connectivity index (χ3n) is 1.51. The monoisotopic (exact) mass is 203 g/mol. The number of halogens is 1. The van der Waals surface area contributed by atoms with E-state index in [1.807, 2.05) is 0 Å². The van der Waals surface area contributed by atoms with E-state index in [1.165, 1.54) is 12.1 Å². The maximum absolute atomic E-state index is 10.3. The summed E-state index contributed by atoms with van der Waals surface area (Å²) >= 11 is 9.75. The van der Waals surface area contributed by atoms with Crippen LogP contribution in [0.3, 0.4) is 0 Å². The summed E-state index contributed by atoms with van der Waals surface area (Å²) in [6.45, 7) is 1.76. The molecule has 3 nitrogen and oxygen atoms in total. The van der Waals surface area contributed by atoms with Crippen LogP contribution in [0.2, 0.25) is 5.02 Å². The summed E-state index contributed by atoms with van der Waals surface area (Å²) in [6, 6.07) is 2.70. The first-order valence-corrected chi connectivity index (χ1v) is 3.98. The number of non-ortho nitro benzene ring substituents is 1. The van der Waals surface area contributed by atoms with Crippen molar-refractivity contribution in [1.82, 2.24) is 0 Å². The number of hydrogen-bond donors (Lipinski definition) is 1. The third-order valence-corrected chi connectivity index (χ3v) is 2.37. The quantitative estimate of drug-likeness (QED) is 0.433. The van der Waals surface area contributed by atoms with Gasteiger partial charge in [-0.25, -0.2) is 0 Å². The van der Waals surface area contributed by atoms with E-state index in [-0.39, 0.29) is 5.69 Å². The lowest BCUT2D eigenvalue weighted by molar-refractivity contribution is -0.385. The Labute approximate surface area is 79.9 Å². The molecule has 5 heteroatoms. The van der Waals surface area contributed by atoms with Gasteiger partial charge in [0, 0.05) is 17.0 Å². The van der Waals surface area contributed by atoms with E-state index >= 15 is 0 Å². The fourth-order valence-electron chi connectivity index (χ4n) is 0.756. The molecule has 0 unspecified atom stereocenters. The van der Waals surface area contributed by atoms with Gasteiger partial charge in [-0.15, -0.1) is 12.6 Å². The normalized spacial score (nSPS) is 9.92. The van der Waals surface area contributed by atoms with E-state index in [4.69, 9.17) is 11.6 Å². The molecule has 1 aromatic rings. The number of benzene rings is 1. The molecule has 0 saturated carbocycles. The average molecular weight is 204 g/mol. The fourth-order valence-corrected chi connectivity index (χ4v) is 1.29. The minimum absolute atomic E-state index is 0.0319. The van der Waals surface area contributed by atoms with Gasteiger partial charge >= 0.3 is 0 Å². The molecule has 0 heterocycles. The molecule has 0 aliphatic rings. The molecular weight excluding hydrogens is 198 g/mol. The van der Waals surface area contributed by atoms with Crippen molar-refractivity contribution in [3.05, 3.63) is 32.8 Å². The molecular formula is C7H6ClNO2S. The van der Waals surface area contributed by atoms with Crippen LogP contribution in [0.25, 0.3) is 0 Å². The van der Waals surface area contributed by atoms with Crippen LogP contribution >= 0.6 is 24.2 Å². The van der Waals surface area contributed by atoms with E-state index in [2.05, 4.69) is 12.6 Å². The minimum Gasteiger partial charge on any atom is -0.258 e. The van der Waals surface area contributed by atoms with Gasteiger partial charge in [0.05, 0.1) is 9.95 Å². The van der Waals surface area contributed by atoms with E-state index < -0.39 is 4.92 Å². The highest BCUT2D eigenvalue weighted by Crippen LogP contribution is 2.27. The van der Waals surface area contributed by atoms with Crippen molar-refractivity contribution in [2.45, 2.75) is 11.8 Å². The molecule has 0 aliphatic heterocycles. The first-order chi connectivity index (χ1) is 5.52. The van der Waals surface area contributed by atoms with Gasteiger partial charge in [-0.2, -0.15) is 0 Å². The van der Waals surface area contributed by atoms with E-state index in [0.717, 1.165) is 5.56 Å². The molecule has 0 saturated heterocycles. The van der Waals surface area contributed by atoms with Gasteiger partial charge in [0.15, 0.2) is 0 Å². The van der Waals surface area contributed by atoms with Crippen LogP contribution in [0, 0.1) is 17.0 Å². The summed E-state index contributed by atoms with van der Waals surface area (Å²) in [6.07, 6.45) is 0. The standard InChI is InChI=1S/C7H6ClNO2S/c1-4-6(8)2-5(9(10)11)3-7(4)12/h2-3,12H,1H3. The fraction of sp³-hybridized carbons (Fsp3) is 0.143. The van der Waals surface area contributed by atoms with Gasteiger partial charge in [-0.3, -0.25) is 10.1 Å². The second kappa shape index (κ2) is 3.33. The Morgan fingerprint density at radius 3 is 2.58 bits per heavy atom. The molecule has 64 valence electrons. The maximum atomic E-state index is 10.3. The van der Waals surface area contributed by atoms with Crippen LogP contribution < -0.4 is 0 Å². The van der Waals surface area contributed by atoms with Crippen molar-refractivity contribution in [3.63, 3.8) is 0 Å². The molecule has 0 amide bonds. The van der Waals surface area contributed by atoms with Crippen LogP contribution in [-0.2, 0) is 0 Å². The van der Waals surface area contributed by atoms with Crippen molar-refractivity contribution in [2.75, 3.05) is 0 Å². The smallest absolute Gasteiger partial charge is 0.258 e. The predicted molar refractivity (Wildman–Crippen MR) is 50.1 cm³/mol. The molecule has 0 spiro atoms. The third kappa shape index (κ3) is 1.70. The topological polar surface area (TPSA) is 43.1 Å². The summed E-state index contributed by atoms with van der Waals surface area (Å²) < 4.78 is 0. The summed E-state index contributed by atoms with van der Waals surface area (Å²) in [5.74, 6) is 0. The maximum Gasteiger partial charge on any atom is 0.272 e. The van der Waals surface area contributed by atoms with Crippen molar-refractivity contribution < 1.29 is 4.92 Å². The molecule has 0 bridgehead atoms. The molecule has 1 aromatic carbocycles. The first kappa shape index (κ1) is 9.35. The molecule has 12 heavy (non-hydrogen) atoms. The summed E-state index contributed by atoms with van der Waals surface area (Å²) in [5, 5.41) is 10.7. The number of hydrogen-bond acceptors (Lipinski definition) is 3. The Kier molecular flexibility index (Phi) is 2.59. The van der Waals surface area contributed by atoms with Crippen LogP contribution in [0.4, 0.5) is 5.69 Å². The lowest BCUT2D eigenvalue weighted by Gasteiger charge is -2.00. The SMILES string of the molecule is Cc1c(S)cc([N+](=O)[O-])cc1Cl. The highest BCUT2D eigenvalue weighted by Gasteiger charge is 2.10. The molecule has 0 fully saturated rings. The van der Waals surface area contributed by atoms with E-state index in [9.17, 15) is 10.1 Å². The Bertz CT molecular complexity index is 317. The largest absolute Gasteiger partial charge is 0.272 e. The van der Waals surface area contributed by atoms with Crippen molar-refractivity contribution in [2.24, 2.45) is 0 Å². The Morgan fingerprint density at radius 2 is 2.17 bits per heavy atom. The molecule has 0 N–H and O–H groups in total. The highest BCUT2D eigenvalue weighted by molar-refractivity contribution is 7.80. The number of thiol groups is 1. The van der Waals surface area contributed by atoms with Crippen molar-refractivity contribution in [3.8, 4) is 0 Å². The number of nitrogens with zero attached hydrogens (tertiary/aromatic N) is 1. The second-order valence-electron chi connectivity index (χ2n) is 2.33. The Balaban J connectivity index is 3.31. The lowest BCUT2D eigenvalue weighted by Crippen LogP contribution is -1.89. The Morgan fingerprint density at radius 1 is 1.58 bits per heavy atom. The van der Waals surface area contributed by atoms with Crippen LogP contribution in [0.1, 0.15) is 5.56 Å². The highest BCUT2D eigenvalue weighted by atomic mass is 35.5. The lowest BCUT2D eigenvalue weighted by atomic mass is 10.2. The summed E-state index contributed by atoms with van der Waals surface area (Å²) in [5.41, 5.74) is 0.723. The van der Waals surface area contributed by atoms with Crippen LogP contribution in [-0.4, -0.2) is 4.92 Å². The van der Waals surface area contributed by atoms with Gasteiger partial charge in [0.25, 0.3) is 5.69 Å². The van der Waals surface area contributed by atoms with Gasteiger partial charge in [-0.1, -0.05) is 11.6 Å². The average Bonchev–Trinajstić information content (AvgIpc) is 1.99. The van der Waals surface area contributed by atoms with Crippen LogP contribution in [0.15, 0.2) is 17.0 Å². The number of nitro groups is 1. The Hall–Kier alpha value is -0.740. The number of rotatable bonds is 1. The summed E-state index contributed by atoms with van der Waals surface area (Å²) in [7, 11) is 0. The summed E-state index contributed by atoms with van der Waals surface area (Å²) in [4.78, 5) is 10.4. The zero-order valence-corrected chi connectivity index (χ0v) is 7.89. The molecule has 0 aliphatic carbocycles. The van der Waals surface area contributed by atoms with Gasteiger partial charge in [0.1, 0.15) is 0 Å². The molecule has 1 rings (SSSR count). The zero-order valence-electron chi connectivity index (χ0n) is 6.24. The predicted octanol–water partition coefficient (Wildman–Crippen LogP) is 2.85. The number of nitro benzene ring substituents is 1. The van der Waals surface area contributed by atoms with E-state index in [0.29, 0.717) is 9.92 Å². The van der Waals surface area contributed by atoms with Gasteiger partial charge in [-0.05, 0) is 12.5 Å².